The zero-order valence-electron chi connectivity index (χ0n) is 23.4. The fraction of sp³-hybridized carbons (Fsp3) is 0.393. The van der Waals surface area contributed by atoms with Crippen LogP contribution in [0.1, 0.15) is 40.4 Å². The number of anilines is 1. The molecule has 0 bridgehead atoms. The summed E-state index contributed by atoms with van der Waals surface area (Å²) >= 11 is 0. The molecular weight excluding hydrogens is 533 g/mol. The number of nitrogens with one attached hydrogen (secondary N) is 1. The van der Waals surface area contributed by atoms with Crippen molar-refractivity contribution in [3.63, 3.8) is 0 Å². The van der Waals surface area contributed by atoms with E-state index in [1.165, 1.54) is 0 Å². The number of hydrogen-bond donors (Lipinski definition) is 2. The predicted molar refractivity (Wildman–Crippen MR) is 154 cm³/mol. The van der Waals surface area contributed by atoms with Crippen molar-refractivity contribution in [2.75, 3.05) is 12.3 Å². The number of pyridine rings is 1. The van der Waals surface area contributed by atoms with Crippen LogP contribution in [0, 0.1) is 0 Å². The number of aromatic nitrogens is 3. The maximum atomic E-state index is 14.1. The number of rotatable bonds is 13. The summed E-state index contributed by atoms with van der Waals surface area (Å²) in [5, 5.41) is 3.60. The Hall–Kier alpha value is -3.50. The SMILES string of the molecule is CCOCc1nc2c(N)nc3ccccc3c2n1CC(C)OP(=O)(NC(C)C(=O)OC(C)C)Oc1ccccc1. The smallest absolute Gasteiger partial charge is 0.459 e. The highest BCUT2D eigenvalue weighted by atomic mass is 31.2. The number of hydrogen-bond acceptors (Lipinski definition) is 9. The molecule has 12 heteroatoms. The van der Waals surface area contributed by atoms with Gasteiger partial charge in [0, 0.05) is 12.0 Å². The van der Waals surface area contributed by atoms with E-state index < -0.39 is 25.9 Å². The Morgan fingerprint density at radius 1 is 1.05 bits per heavy atom. The van der Waals surface area contributed by atoms with Gasteiger partial charge in [-0.15, -0.1) is 0 Å². The van der Waals surface area contributed by atoms with E-state index in [1.54, 1.807) is 52.0 Å². The molecule has 0 amide bonds. The highest BCUT2D eigenvalue weighted by Gasteiger charge is 2.35. The first-order chi connectivity index (χ1) is 19.1. The molecule has 2 aromatic carbocycles. The third-order valence-electron chi connectivity index (χ3n) is 5.91. The summed E-state index contributed by atoms with van der Waals surface area (Å²) in [4.78, 5) is 21.8. The second-order valence-electron chi connectivity index (χ2n) is 9.64. The number of imidazole rings is 1. The first-order valence-electron chi connectivity index (χ1n) is 13.2. The summed E-state index contributed by atoms with van der Waals surface area (Å²) < 4.78 is 38.9. The van der Waals surface area contributed by atoms with Crippen molar-refractivity contribution in [2.45, 2.75) is 66.0 Å². The van der Waals surface area contributed by atoms with Crippen LogP contribution in [-0.4, -0.2) is 45.4 Å². The van der Waals surface area contributed by atoms with Gasteiger partial charge in [0.15, 0.2) is 5.82 Å². The van der Waals surface area contributed by atoms with Gasteiger partial charge in [-0.2, -0.15) is 5.09 Å². The highest BCUT2D eigenvalue weighted by molar-refractivity contribution is 7.52. The number of carbonyl (C=O) groups excluding carboxylic acids is 1. The Balaban J connectivity index is 1.68. The number of nitrogens with zero attached hydrogens (tertiary/aromatic N) is 3. The maximum Gasteiger partial charge on any atom is 0.459 e. The summed E-state index contributed by atoms with van der Waals surface area (Å²) in [5.41, 5.74) is 8.34. The Morgan fingerprint density at radius 3 is 2.45 bits per heavy atom. The molecule has 0 spiro atoms. The number of benzene rings is 2. The normalized spacial score (nSPS) is 14.8. The molecule has 3 atom stereocenters. The number of nitrogen functional groups attached to an aromatic ring is 1. The molecule has 3 unspecified atom stereocenters. The first-order valence-corrected chi connectivity index (χ1v) is 14.8. The largest absolute Gasteiger partial charge is 0.462 e. The van der Waals surface area contributed by atoms with Crippen molar-refractivity contribution in [1.82, 2.24) is 19.6 Å². The van der Waals surface area contributed by atoms with Crippen LogP contribution in [0.2, 0.25) is 0 Å². The lowest BCUT2D eigenvalue weighted by molar-refractivity contribution is -0.149. The second-order valence-corrected chi connectivity index (χ2v) is 11.3. The molecule has 0 fully saturated rings. The fourth-order valence-electron chi connectivity index (χ4n) is 4.26. The number of carbonyl (C=O) groups is 1. The van der Waals surface area contributed by atoms with Crippen molar-refractivity contribution in [3.05, 3.63) is 60.4 Å². The Kier molecular flexibility index (Phi) is 9.42. The minimum absolute atomic E-state index is 0.236. The van der Waals surface area contributed by atoms with E-state index in [4.69, 9.17) is 29.2 Å². The van der Waals surface area contributed by atoms with Gasteiger partial charge in [0.05, 0.1) is 29.8 Å². The monoisotopic (exact) mass is 569 g/mol. The van der Waals surface area contributed by atoms with Crippen LogP contribution >= 0.6 is 7.75 Å². The van der Waals surface area contributed by atoms with Gasteiger partial charge in [-0.3, -0.25) is 9.32 Å². The van der Waals surface area contributed by atoms with Gasteiger partial charge in [0.25, 0.3) is 0 Å². The quantitative estimate of drug-likeness (QED) is 0.163. The molecule has 0 aliphatic heterocycles. The summed E-state index contributed by atoms with van der Waals surface area (Å²) in [7, 11) is -4.08. The molecule has 4 aromatic rings. The molecule has 4 rings (SSSR count). The molecule has 0 saturated heterocycles. The van der Waals surface area contributed by atoms with E-state index >= 15 is 0 Å². The van der Waals surface area contributed by atoms with E-state index in [2.05, 4.69) is 10.1 Å². The number of fused-ring (bicyclic) bond motifs is 3. The zero-order valence-corrected chi connectivity index (χ0v) is 24.3. The average Bonchev–Trinajstić information content (AvgIpc) is 3.26. The third-order valence-corrected chi connectivity index (χ3v) is 7.70. The average molecular weight is 570 g/mol. The van der Waals surface area contributed by atoms with Gasteiger partial charge >= 0.3 is 13.7 Å². The predicted octanol–water partition coefficient (Wildman–Crippen LogP) is 5.23. The van der Waals surface area contributed by atoms with Gasteiger partial charge in [0.2, 0.25) is 0 Å². The molecule has 2 aromatic heterocycles. The van der Waals surface area contributed by atoms with Gasteiger partial charge in [0.1, 0.15) is 29.7 Å². The Labute approximate surface area is 233 Å². The highest BCUT2D eigenvalue weighted by Crippen LogP contribution is 2.46. The minimum Gasteiger partial charge on any atom is -0.462 e. The molecule has 0 aliphatic carbocycles. The topological polar surface area (TPSA) is 140 Å². The van der Waals surface area contributed by atoms with Crippen molar-refractivity contribution >= 4 is 41.5 Å². The second kappa shape index (κ2) is 12.8. The molecular formula is C28H36N5O6P. The molecule has 0 saturated carbocycles. The summed E-state index contributed by atoms with van der Waals surface area (Å²) in [5.74, 6) is 0.677. The molecule has 3 N–H and O–H groups in total. The molecule has 40 heavy (non-hydrogen) atoms. The molecule has 0 aliphatic rings. The first kappa shape index (κ1) is 29.5. The van der Waals surface area contributed by atoms with Crippen LogP contribution in [-0.2, 0) is 36.5 Å². The van der Waals surface area contributed by atoms with Gasteiger partial charge < -0.3 is 24.3 Å². The number of ether oxygens (including phenoxy) is 2. The standard InChI is InChI=1S/C28H36N5O6P/c1-6-36-17-24-31-25-26(22-14-10-11-15-23(22)30-27(25)29)33(24)16-19(4)38-40(35,39-21-12-8-7-9-13-21)32-20(5)28(34)37-18(2)3/h7-15,18-20H,6,16-17H2,1-5H3,(H2,29,30)(H,32,35). The van der Waals surface area contributed by atoms with E-state index in [1.807, 2.05) is 41.8 Å². The lowest BCUT2D eigenvalue weighted by atomic mass is 10.2. The van der Waals surface area contributed by atoms with Crippen LogP contribution in [0.25, 0.3) is 21.9 Å². The van der Waals surface area contributed by atoms with Gasteiger partial charge in [-0.1, -0.05) is 36.4 Å². The summed E-state index contributed by atoms with van der Waals surface area (Å²) in [6.45, 7) is 9.67. The van der Waals surface area contributed by atoms with Crippen LogP contribution in [0.5, 0.6) is 5.75 Å². The minimum atomic E-state index is -4.08. The van der Waals surface area contributed by atoms with Gasteiger partial charge in [-0.05, 0) is 52.8 Å². The zero-order chi connectivity index (χ0) is 28.9. The van der Waals surface area contributed by atoms with E-state index in [-0.39, 0.29) is 19.3 Å². The summed E-state index contributed by atoms with van der Waals surface area (Å²) in [6, 6.07) is 15.3. The third kappa shape index (κ3) is 6.98. The van der Waals surface area contributed by atoms with Crippen molar-refractivity contribution in [3.8, 4) is 5.75 Å². The number of para-hydroxylation sites is 2. The van der Waals surface area contributed by atoms with Crippen LogP contribution in [0.4, 0.5) is 5.82 Å². The maximum absolute atomic E-state index is 14.1. The van der Waals surface area contributed by atoms with E-state index in [9.17, 15) is 9.36 Å². The molecule has 2 heterocycles. The van der Waals surface area contributed by atoms with Crippen LogP contribution in [0.15, 0.2) is 54.6 Å². The van der Waals surface area contributed by atoms with E-state index in [0.717, 1.165) is 16.4 Å². The summed E-state index contributed by atoms with van der Waals surface area (Å²) in [6.07, 6.45) is -0.998. The lowest BCUT2D eigenvalue weighted by Crippen LogP contribution is -2.37. The Bertz CT molecular complexity index is 1510. The van der Waals surface area contributed by atoms with Crippen molar-refractivity contribution < 1.29 is 27.9 Å². The van der Waals surface area contributed by atoms with E-state index in [0.29, 0.717) is 29.5 Å². The Morgan fingerprint density at radius 2 is 1.75 bits per heavy atom. The van der Waals surface area contributed by atoms with Crippen LogP contribution < -0.4 is 15.3 Å². The fourth-order valence-corrected chi connectivity index (χ4v) is 5.93. The number of nitrogens with two attached hydrogens (primary N) is 1. The van der Waals surface area contributed by atoms with Crippen molar-refractivity contribution in [1.29, 1.82) is 0 Å². The lowest BCUT2D eigenvalue weighted by Gasteiger charge is -2.26. The molecule has 11 nitrogen and oxygen atoms in total. The van der Waals surface area contributed by atoms with Gasteiger partial charge in [-0.25, -0.2) is 14.5 Å². The van der Waals surface area contributed by atoms with Crippen molar-refractivity contribution in [2.24, 2.45) is 0 Å². The number of esters is 1. The van der Waals surface area contributed by atoms with Crippen LogP contribution in [0.3, 0.4) is 0 Å². The molecule has 0 radical (unpaired) electrons. The molecule has 214 valence electrons.